The molecule has 0 heterocycles. The summed E-state index contributed by atoms with van der Waals surface area (Å²) in [4.78, 5) is 0. The van der Waals surface area contributed by atoms with E-state index in [-0.39, 0.29) is 5.92 Å². The lowest BCUT2D eigenvalue weighted by molar-refractivity contribution is 0.133. The van der Waals surface area contributed by atoms with Crippen LogP contribution in [0.1, 0.15) is 43.6 Å². The Morgan fingerprint density at radius 2 is 1.81 bits per heavy atom. The smallest absolute Gasteiger partial charge is 0.126 e. The molecule has 1 fully saturated rings. The van der Waals surface area contributed by atoms with Crippen molar-refractivity contribution >= 4 is 0 Å². The number of aliphatic hydroxyl groups excluding tert-OH is 1. The first-order chi connectivity index (χ1) is 7.68. The molecule has 0 amide bonds. The van der Waals surface area contributed by atoms with E-state index in [1.54, 1.807) is 0 Å². The zero-order chi connectivity index (χ0) is 11.5. The number of aliphatic hydroxyl groups is 1. The molecule has 0 spiro atoms. The topological polar surface area (TPSA) is 20.2 Å². The van der Waals surface area contributed by atoms with E-state index >= 15 is 0 Å². The molecule has 2 rings (SSSR count). The highest BCUT2D eigenvalue weighted by molar-refractivity contribution is 5.24. The number of hydrogen-bond donors (Lipinski definition) is 1. The molecule has 0 radical (unpaired) electrons. The molecule has 2 unspecified atom stereocenters. The van der Waals surface area contributed by atoms with Crippen LogP contribution in [-0.2, 0) is 0 Å². The molecule has 0 saturated heterocycles. The first-order valence-electron chi connectivity index (χ1n) is 5.81. The zero-order valence-electron chi connectivity index (χ0n) is 9.13. The van der Waals surface area contributed by atoms with Crippen LogP contribution in [0, 0.1) is 11.6 Å². The number of halogens is 2. The van der Waals surface area contributed by atoms with E-state index < -0.39 is 17.7 Å². The Morgan fingerprint density at radius 1 is 1.06 bits per heavy atom. The van der Waals surface area contributed by atoms with Crippen LogP contribution >= 0.6 is 0 Å². The first-order valence-corrected chi connectivity index (χ1v) is 5.81. The molecule has 1 nitrogen and oxygen atoms in total. The fourth-order valence-corrected chi connectivity index (χ4v) is 2.45. The molecule has 0 aromatic heterocycles. The highest BCUT2D eigenvalue weighted by Gasteiger charge is 2.25. The van der Waals surface area contributed by atoms with Crippen molar-refractivity contribution in [1.29, 1.82) is 0 Å². The Kier molecular flexibility index (Phi) is 3.54. The third kappa shape index (κ3) is 2.40. The summed E-state index contributed by atoms with van der Waals surface area (Å²) in [6, 6.07) is 3.47. The van der Waals surface area contributed by atoms with Gasteiger partial charge in [0, 0.05) is 5.92 Å². The number of hydrogen-bond acceptors (Lipinski definition) is 1. The summed E-state index contributed by atoms with van der Waals surface area (Å²) < 4.78 is 26.7. The zero-order valence-corrected chi connectivity index (χ0v) is 9.13. The van der Waals surface area contributed by atoms with Gasteiger partial charge in [-0.1, -0.05) is 19.3 Å². The molecular formula is C13H16F2O. The van der Waals surface area contributed by atoms with Gasteiger partial charge in [-0.2, -0.15) is 0 Å². The minimum Gasteiger partial charge on any atom is -0.392 e. The van der Waals surface area contributed by atoms with Crippen LogP contribution in [0.15, 0.2) is 18.2 Å². The highest BCUT2D eigenvalue weighted by Crippen LogP contribution is 2.33. The van der Waals surface area contributed by atoms with Gasteiger partial charge >= 0.3 is 0 Å². The molecule has 1 aromatic carbocycles. The van der Waals surface area contributed by atoms with E-state index in [1.807, 2.05) is 0 Å². The van der Waals surface area contributed by atoms with Crippen molar-refractivity contribution in [3.63, 3.8) is 0 Å². The van der Waals surface area contributed by atoms with Gasteiger partial charge in [-0.25, -0.2) is 8.78 Å². The average Bonchev–Trinajstić information content (AvgIpc) is 2.47. The van der Waals surface area contributed by atoms with Crippen molar-refractivity contribution in [1.82, 2.24) is 0 Å². The SMILES string of the molecule is OC1CCCCCC1c1cc(F)ccc1F. The first kappa shape index (κ1) is 11.5. The van der Waals surface area contributed by atoms with Crippen LogP contribution in [0.25, 0.3) is 0 Å². The fourth-order valence-electron chi connectivity index (χ4n) is 2.45. The summed E-state index contributed by atoms with van der Waals surface area (Å²) in [5.74, 6) is -1.10. The van der Waals surface area contributed by atoms with Gasteiger partial charge in [-0.15, -0.1) is 0 Å². The maximum Gasteiger partial charge on any atom is 0.126 e. The Morgan fingerprint density at radius 3 is 2.62 bits per heavy atom. The predicted molar refractivity (Wildman–Crippen MR) is 58.2 cm³/mol. The maximum absolute atomic E-state index is 13.6. The van der Waals surface area contributed by atoms with Gasteiger partial charge in [0.05, 0.1) is 6.10 Å². The van der Waals surface area contributed by atoms with Crippen molar-refractivity contribution in [2.45, 2.75) is 44.1 Å². The standard InChI is InChI=1S/C13H16F2O/c14-9-6-7-12(15)11(8-9)10-4-2-1-3-5-13(10)16/h6-8,10,13,16H,1-5H2. The molecule has 1 saturated carbocycles. The van der Waals surface area contributed by atoms with Gasteiger partial charge in [0.1, 0.15) is 11.6 Å². The van der Waals surface area contributed by atoms with Gasteiger partial charge in [-0.05, 0) is 36.6 Å². The van der Waals surface area contributed by atoms with Crippen LogP contribution in [0.3, 0.4) is 0 Å². The molecule has 1 aromatic rings. The minimum absolute atomic E-state index is 0.252. The molecule has 16 heavy (non-hydrogen) atoms. The van der Waals surface area contributed by atoms with Crippen LogP contribution in [0.4, 0.5) is 8.78 Å². The fraction of sp³-hybridized carbons (Fsp3) is 0.538. The molecular weight excluding hydrogens is 210 g/mol. The third-order valence-electron chi connectivity index (χ3n) is 3.34. The Labute approximate surface area is 94.1 Å². The molecule has 1 aliphatic rings. The third-order valence-corrected chi connectivity index (χ3v) is 3.34. The summed E-state index contributed by atoms with van der Waals surface area (Å²) >= 11 is 0. The number of rotatable bonds is 1. The van der Waals surface area contributed by atoms with Crippen molar-refractivity contribution in [2.24, 2.45) is 0 Å². The van der Waals surface area contributed by atoms with E-state index in [0.29, 0.717) is 12.0 Å². The van der Waals surface area contributed by atoms with Crippen molar-refractivity contribution in [3.8, 4) is 0 Å². The summed E-state index contributed by atoms with van der Waals surface area (Å²) in [5.41, 5.74) is 0.328. The minimum atomic E-state index is -0.543. The molecule has 0 aliphatic heterocycles. The van der Waals surface area contributed by atoms with Gasteiger partial charge in [0.25, 0.3) is 0 Å². The lowest BCUT2D eigenvalue weighted by Crippen LogP contribution is -2.18. The van der Waals surface area contributed by atoms with Gasteiger partial charge < -0.3 is 5.11 Å². The second-order valence-electron chi connectivity index (χ2n) is 4.48. The van der Waals surface area contributed by atoms with Gasteiger partial charge in [-0.3, -0.25) is 0 Å². The average molecular weight is 226 g/mol. The monoisotopic (exact) mass is 226 g/mol. The van der Waals surface area contributed by atoms with Crippen molar-refractivity contribution in [3.05, 3.63) is 35.4 Å². The van der Waals surface area contributed by atoms with Gasteiger partial charge in [0.15, 0.2) is 0 Å². The largest absolute Gasteiger partial charge is 0.392 e. The lowest BCUT2D eigenvalue weighted by atomic mass is 9.89. The summed E-state index contributed by atoms with van der Waals surface area (Å²) in [6.07, 6.45) is 3.87. The number of benzene rings is 1. The van der Waals surface area contributed by atoms with Crippen LogP contribution in [-0.4, -0.2) is 11.2 Å². The Hall–Kier alpha value is -0.960. The highest BCUT2D eigenvalue weighted by atomic mass is 19.1. The quantitative estimate of drug-likeness (QED) is 0.728. The molecule has 88 valence electrons. The second kappa shape index (κ2) is 4.91. The van der Waals surface area contributed by atoms with Crippen molar-refractivity contribution < 1.29 is 13.9 Å². The van der Waals surface area contributed by atoms with E-state index in [4.69, 9.17) is 0 Å². The van der Waals surface area contributed by atoms with E-state index in [2.05, 4.69) is 0 Å². The van der Waals surface area contributed by atoms with Crippen molar-refractivity contribution in [2.75, 3.05) is 0 Å². The molecule has 1 N–H and O–H groups in total. The Bertz CT molecular complexity index is 365. The lowest BCUT2D eigenvalue weighted by Gasteiger charge is -2.21. The van der Waals surface area contributed by atoms with Crippen LogP contribution in [0.5, 0.6) is 0 Å². The molecule has 1 aliphatic carbocycles. The second-order valence-corrected chi connectivity index (χ2v) is 4.48. The normalized spacial score (nSPS) is 26.4. The van der Waals surface area contributed by atoms with Gasteiger partial charge in [0.2, 0.25) is 0 Å². The molecule has 0 bridgehead atoms. The van der Waals surface area contributed by atoms with E-state index in [1.165, 1.54) is 6.07 Å². The van der Waals surface area contributed by atoms with E-state index in [0.717, 1.165) is 37.8 Å². The van der Waals surface area contributed by atoms with E-state index in [9.17, 15) is 13.9 Å². The van der Waals surface area contributed by atoms with Crippen LogP contribution < -0.4 is 0 Å². The predicted octanol–water partition coefficient (Wildman–Crippen LogP) is 3.37. The summed E-state index contributed by atoms with van der Waals surface area (Å²) in [6.45, 7) is 0. The molecule has 2 atom stereocenters. The molecule has 3 heteroatoms. The summed E-state index contributed by atoms with van der Waals surface area (Å²) in [5, 5.41) is 9.93. The summed E-state index contributed by atoms with van der Waals surface area (Å²) in [7, 11) is 0. The van der Waals surface area contributed by atoms with Crippen LogP contribution in [0.2, 0.25) is 0 Å². The maximum atomic E-state index is 13.6. The Balaban J connectivity index is 2.29.